The van der Waals surface area contributed by atoms with Crippen LogP contribution in [0.4, 0.5) is 0 Å². The van der Waals surface area contributed by atoms with E-state index in [2.05, 4.69) is 12.0 Å². The molecule has 0 radical (unpaired) electrons. The van der Waals surface area contributed by atoms with Gasteiger partial charge in [-0.1, -0.05) is 25.1 Å². The van der Waals surface area contributed by atoms with Crippen molar-refractivity contribution in [3.8, 4) is 0 Å². The molecule has 0 atom stereocenters. The molecular formula is C24H25N5O4. The molecule has 4 heterocycles. The zero-order valence-electron chi connectivity index (χ0n) is 18.4. The van der Waals surface area contributed by atoms with E-state index in [9.17, 15) is 14.4 Å². The van der Waals surface area contributed by atoms with Gasteiger partial charge in [-0.2, -0.15) is 5.10 Å². The molecule has 1 aromatic carbocycles. The summed E-state index contributed by atoms with van der Waals surface area (Å²) in [4.78, 5) is 42.0. The molecular weight excluding hydrogens is 422 g/mol. The number of amides is 2. The van der Waals surface area contributed by atoms with Crippen LogP contribution in [0.5, 0.6) is 0 Å². The van der Waals surface area contributed by atoms with Gasteiger partial charge in [-0.15, -0.1) is 0 Å². The highest BCUT2D eigenvalue weighted by atomic mass is 16.3. The van der Waals surface area contributed by atoms with E-state index in [1.165, 1.54) is 10.9 Å². The molecule has 33 heavy (non-hydrogen) atoms. The molecule has 0 spiro atoms. The topological polar surface area (TPSA) is 93.6 Å². The molecule has 0 saturated carbocycles. The second-order valence-electron chi connectivity index (χ2n) is 8.19. The van der Waals surface area contributed by atoms with Crippen LogP contribution in [0.1, 0.15) is 23.9 Å². The van der Waals surface area contributed by atoms with Crippen molar-refractivity contribution in [2.45, 2.75) is 26.4 Å². The van der Waals surface area contributed by atoms with Crippen molar-refractivity contribution in [2.75, 3.05) is 26.2 Å². The second kappa shape index (κ2) is 8.57. The van der Waals surface area contributed by atoms with E-state index in [0.717, 1.165) is 22.7 Å². The summed E-state index contributed by atoms with van der Waals surface area (Å²) in [5.41, 5.74) is 1.31. The number of furan rings is 1. The number of hydrogen-bond donors (Lipinski definition) is 0. The maximum Gasteiger partial charge on any atom is 0.291 e. The van der Waals surface area contributed by atoms with E-state index >= 15 is 0 Å². The van der Waals surface area contributed by atoms with E-state index < -0.39 is 0 Å². The Bertz CT molecular complexity index is 1380. The Kier molecular flexibility index (Phi) is 5.45. The summed E-state index contributed by atoms with van der Waals surface area (Å²) < 4.78 is 8.45. The minimum Gasteiger partial charge on any atom is -0.459 e. The standard InChI is InChI=1S/C24H25N5O4/c1-2-9-28-19-7-4-3-6-17(19)18-15-25-29(24(32)22(18)28)16-21(30)26-10-12-27(13-11-26)23(31)20-8-5-14-33-20/h3-8,14-15H,2,9-13,16H2,1H3. The fourth-order valence-electron chi connectivity index (χ4n) is 4.51. The Hall–Kier alpha value is -3.88. The molecule has 1 saturated heterocycles. The zero-order valence-corrected chi connectivity index (χ0v) is 18.4. The van der Waals surface area contributed by atoms with Crippen LogP contribution in [0, 0.1) is 0 Å². The molecule has 3 aromatic heterocycles. The van der Waals surface area contributed by atoms with Gasteiger partial charge in [0, 0.05) is 49.0 Å². The van der Waals surface area contributed by atoms with Crippen LogP contribution < -0.4 is 5.56 Å². The highest BCUT2D eigenvalue weighted by Gasteiger charge is 2.26. The summed E-state index contributed by atoms with van der Waals surface area (Å²) in [6, 6.07) is 11.2. The van der Waals surface area contributed by atoms with Crippen LogP contribution in [-0.2, 0) is 17.9 Å². The van der Waals surface area contributed by atoms with Crippen molar-refractivity contribution >= 4 is 33.6 Å². The number of hydrogen-bond acceptors (Lipinski definition) is 5. The van der Waals surface area contributed by atoms with Crippen molar-refractivity contribution in [3.63, 3.8) is 0 Å². The third-order valence-corrected chi connectivity index (χ3v) is 6.16. The Morgan fingerprint density at radius 2 is 1.76 bits per heavy atom. The number of aromatic nitrogens is 3. The minimum absolute atomic E-state index is 0.130. The summed E-state index contributed by atoms with van der Waals surface area (Å²) >= 11 is 0. The zero-order chi connectivity index (χ0) is 22.9. The number of fused-ring (bicyclic) bond motifs is 3. The van der Waals surface area contributed by atoms with Gasteiger partial charge in [0.25, 0.3) is 11.5 Å². The average molecular weight is 447 g/mol. The number of nitrogens with zero attached hydrogens (tertiary/aromatic N) is 5. The number of benzene rings is 1. The van der Waals surface area contributed by atoms with Gasteiger partial charge >= 0.3 is 0 Å². The van der Waals surface area contributed by atoms with E-state index in [1.54, 1.807) is 28.1 Å². The molecule has 2 amide bonds. The highest BCUT2D eigenvalue weighted by molar-refractivity contribution is 6.07. The Morgan fingerprint density at radius 3 is 2.48 bits per heavy atom. The molecule has 0 unspecified atom stereocenters. The fourth-order valence-corrected chi connectivity index (χ4v) is 4.51. The summed E-state index contributed by atoms with van der Waals surface area (Å²) in [5, 5.41) is 6.10. The molecule has 9 nitrogen and oxygen atoms in total. The molecule has 9 heteroatoms. The predicted molar refractivity (Wildman–Crippen MR) is 123 cm³/mol. The lowest BCUT2D eigenvalue weighted by Gasteiger charge is -2.34. The summed E-state index contributed by atoms with van der Waals surface area (Å²) in [6.45, 7) is 4.28. The van der Waals surface area contributed by atoms with Crippen LogP contribution in [0.25, 0.3) is 21.8 Å². The van der Waals surface area contributed by atoms with Crippen LogP contribution in [0.2, 0.25) is 0 Å². The van der Waals surface area contributed by atoms with Gasteiger partial charge in [-0.05, 0) is 24.6 Å². The van der Waals surface area contributed by atoms with Crippen LogP contribution in [0.15, 0.2) is 58.1 Å². The van der Waals surface area contributed by atoms with E-state index in [0.29, 0.717) is 44.0 Å². The Labute approximate surface area is 189 Å². The van der Waals surface area contributed by atoms with E-state index in [1.807, 2.05) is 28.8 Å². The Morgan fingerprint density at radius 1 is 1.00 bits per heavy atom. The van der Waals surface area contributed by atoms with Crippen LogP contribution in [-0.4, -0.2) is 62.1 Å². The fraction of sp³-hybridized carbons (Fsp3) is 0.333. The normalized spacial score (nSPS) is 14.3. The van der Waals surface area contributed by atoms with Gasteiger partial charge in [0.15, 0.2) is 5.76 Å². The van der Waals surface area contributed by atoms with Gasteiger partial charge in [0.05, 0.1) is 12.5 Å². The van der Waals surface area contributed by atoms with Crippen molar-refractivity contribution in [2.24, 2.45) is 0 Å². The smallest absolute Gasteiger partial charge is 0.291 e. The molecule has 1 aliphatic heterocycles. The number of rotatable bonds is 5. The number of piperazine rings is 1. The lowest BCUT2D eigenvalue weighted by atomic mass is 10.2. The minimum atomic E-state index is -0.267. The molecule has 0 aliphatic carbocycles. The van der Waals surface area contributed by atoms with Gasteiger partial charge in [0.1, 0.15) is 12.1 Å². The lowest BCUT2D eigenvalue weighted by molar-refractivity contribution is -0.133. The molecule has 0 N–H and O–H groups in total. The van der Waals surface area contributed by atoms with Crippen molar-refractivity contribution in [3.05, 3.63) is 65.0 Å². The number of para-hydroxylation sites is 1. The van der Waals surface area contributed by atoms with Crippen molar-refractivity contribution < 1.29 is 14.0 Å². The first-order valence-corrected chi connectivity index (χ1v) is 11.2. The molecule has 170 valence electrons. The second-order valence-corrected chi connectivity index (χ2v) is 8.19. The first kappa shape index (κ1) is 21.0. The van der Waals surface area contributed by atoms with Crippen molar-refractivity contribution in [1.82, 2.24) is 24.1 Å². The summed E-state index contributed by atoms with van der Waals surface area (Å²) in [5.74, 6) is -0.0762. The summed E-state index contributed by atoms with van der Waals surface area (Å²) in [7, 11) is 0. The molecule has 1 aliphatic rings. The monoisotopic (exact) mass is 447 g/mol. The Balaban J connectivity index is 1.35. The van der Waals surface area contributed by atoms with Gasteiger partial charge in [0.2, 0.25) is 5.91 Å². The molecule has 5 rings (SSSR count). The maximum atomic E-state index is 13.3. The van der Waals surface area contributed by atoms with Gasteiger partial charge in [-0.3, -0.25) is 14.4 Å². The molecule has 4 aromatic rings. The third kappa shape index (κ3) is 3.69. The van der Waals surface area contributed by atoms with Crippen molar-refractivity contribution in [1.29, 1.82) is 0 Å². The first-order chi connectivity index (χ1) is 16.1. The summed E-state index contributed by atoms with van der Waals surface area (Å²) in [6.07, 6.45) is 4.03. The van der Waals surface area contributed by atoms with Crippen LogP contribution >= 0.6 is 0 Å². The predicted octanol–water partition coefficient (Wildman–Crippen LogP) is 2.34. The van der Waals surface area contributed by atoms with Gasteiger partial charge < -0.3 is 18.8 Å². The average Bonchev–Trinajstić information content (AvgIpc) is 3.48. The first-order valence-electron chi connectivity index (χ1n) is 11.2. The highest BCUT2D eigenvalue weighted by Crippen LogP contribution is 2.26. The molecule has 1 fully saturated rings. The largest absolute Gasteiger partial charge is 0.459 e. The third-order valence-electron chi connectivity index (χ3n) is 6.16. The van der Waals surface area contributed by atoms with Crippen LogP contribution in [0.3, 0.4) is 0 Å². The molecule has 0 bridgehead atoms. The maximum absolute atomic E-state index is 13.3. The number of carbonyl (C=O) groups is 2. The quantitative estimate of drug-likeness (QED) is 0.468. The van der Waals surface area contributed by atoms with Gasteiger partial charge in [-0.25, -0.2) is 4.68 Å². The SMILES string of the molecule is CCCn1c2ccccc2c2cnn(CC(=O)N3CCN(C(=O)c4ccco4)CC3)c(=O)c21. The number of carbonyl (C=O) groups excluding carboxylic acids is 2. The van der Waals surface area contributed by atoms with E-state index in [4.69, 9.17) is 4.42 Å². The number of aryl methyl sites for hydroxylation is 1. The van der Waals surface area contributed by atoms with E-state index in [-0.39, 0.29) is 23.9 Å². The lowest BCUT2D eigenvalue weighted by Crippen LogP contribution is -2.51.